The normalized spacial score (nSPS) is 11.4. The van der Waals surface area contributed by atoms with E-state index < -0.39 is 0 Å². The second-order valence-electron chi connectivity index (χ2n) is 9.67. The number of aromatic nitrogens is 2. The predicted octanol–water partition coefficient (Wildman–Crippen LogP) is 3.52. The van der Waals surface area contributed by atoms with Gasteiger partial charge in [-0.25, -0.2) is 0 Å². The van der Waals surface area contributed by atoms with Crippen LogP contribution in [0.5, 0.6) is 0 Å². The summed E-state index contributed by atoms with van der Waals surface area (Å²) in [6.07, 6.45) is 6.49. The minimum absolute atomic E-state index is 0.0665. The van der Waals surface area contributed by atoms with Crippen molar-refractivity contribution in [3.05, 3.63) is 72.1 Å². The molecule has 6 N–H and O–H groups in total. The van der Waals surface area contributed by atoms with Crippen LogP contribution in [-0.2, 0) is 11.2 Å². The van der Waals surface area contributed by atoms with Crippen LogP contribution in [0.1, 0.15) is 41.7 Å². The fourth-order valence-corrected chi connectivity index (χ4v) is 4.56. The summed E-state index contributed by atoms with van der Waals surface area (Å²) in [4.78, 5) is 30.9. The minimum Gasteiger partial charge on any atom is -0.361 e. The first kappa shape index (κ1) is 27.6. The fourth-order valence-electron chi connectivity index (χ4n) is 4.56. The van der Waals surface area contributed by atoms with Gasteiger partial charge in [0.05, 0.1) is 18.7 Å². The SMILES string of the molecule is O=C(Cc1c[nH]c2ccccc12)NCCCNCCCCNCCCNCC(=O)c1cc2ccccc2[nH]1. The van der Waals surface area contributed by atoms with E-state index in [1.165, 1.54) is 0 Å². The van der Waals surface area contributed by atoms with Crippen LogP contribution in [0, 0.1) is 0 Å². The Labute approximate surface area is 224 Å². The number of Topliss-reactive ketones (excluding diaryl/α,β-unsaturated/α-hetero) is 1. The van der Waals surface area contributed by atoms with Gasteiger partial charge in [-0.15, -0.1) is 0 Å². The molecule has 2 heterocycles. The molecule has 0 saturated heterocycles. The summed E-state index contributed by atoms with van der Waals surface area (Å²) in [6.45, 7) is 5.70. The van der Waals surface area contributed by atoms with Gasteiger partial charge in [-0.1, -0.05) is 36.4 Å². The third kappa shape index (κ3) is 8.55. The summed E-state index contributed by atoms with van der Waals surface area (Å²) in [6, 6.07) is 17.9. The van der Waals surface area contributed by atoms with Crippen LogP contribution in [0.25, 0.3) is 21.8 Å². The van der Waals surface area contributed by atoms with Crippen molar-refractivity contribution in [3.8, 4) is 0 Å². The van der Waals surface area contributed by atoms with Crippen molar-refractivity contribution in [2.75, 3.05) is 45.8 Å². The maximum atomic E-state index is 12.3. The summed E-state index contributed by atoms with van der Waals surface area (Å²) >= 11 is 0. The Morgan fingerprint density at radius 3 is 2.16 bits per heavy atom. The molecule has 1 amide bonds. The summed E-state index contributed by atoms with van der Waals surface area (Å²) < 4.78 is 0. The van der Waals surface area contributed by atoms with Crippen LogP contribution < -0.4 is 21.3 Å². The molecule has 0 spiro atoms. The van der Waals surface area contributed by atoms with Crippen LogP contribution in [-0.4, -0.2) is 67.5 Å². The Bertz CT molecular complexity index is 1260. The molecule has 4 aromatic rings. The van der Waals surface area contributed by atoms with E-state index in [4.69, 9.17) is 0 Å². The van der Waals surface area contributed by atoms with E-state index in [-0.39, 0.29) is 11.7 Å². The summed E-state index contributed by atoms with van der Waals surface area (Å²) in [5.41, 5.74) is 3.77. The van der Waals surface area contributed by atoms with Crippen LogP contribution in [0.2, 0.25) is 0 Å². The van der Waals surface area contributed by atoms with Crippen molar-refractivity contribution in [1.82, 2.24) is 31.2 Å². The standard InChI is InChI=1S/C30H40N6O2/c37-29(28-19-23-9-1-3-11-26(23)36-28)22-33-17-7-15-31-13-5-6-14-32-16-8-18-34-30(38)20-24-21-35-27-12-4-2-10-25(24)27/h1-4,9-12,19,21,31-33,35-36H,5-8,13-18,20,22H2,(H,34,38). The largest absolute Gasteiger partial charge is 0.361 e. The van der Waals surface area contributed by atoms with Crippen molar-refractivity contribution in [2.24, 2.45) is 0 Å². The highest BCUT2D eigenvalue weighted by Gasteiger charge is 2.09. The van der Waals surface area contributed by atoms with E-state index in [0.29, 0.717) is 25.2 Å². The summed E-state index contributed by atoms with van der Waals surface area (Å²) in [5, 5.41) is 15.4. The van der Waals surface area contributed by atoms with Crippen molar-refractivity contribution >= 4 is 33.5 Å². The molecule has 8 nitrogen and oxygen atoms in total. The molecule has 0 aliphatic rings. The Morgan fingerprint density at radius 2 is 1.37 bits per heavy atom. The smallest absolute Gasteiger partial charge is 0.224 e. The van der Waals surface area contributed by atoms with Crippen molar-refractivity contribution in [3.63, 3.8) is 0 Å². The fraction of sp³-hybridized carbons (Fsp3) is 0.400. The second-order valence-corrected chi connectivity index (χ2v) is 9.67. The lowest BCUT2D eigenvalue weighted by atomic mass is 10.1. The molecular formula is C30H40N6O2. The predicted molar refractivity (Wildman–Crippen MR) is 155 cm³/mol. The number of aromatic amines is 2. The second kappa shape index (κ2) is 15.1. The van der Waals surface area contributed by atoms with Crippen molar-refractivity contribution in [2.45, 2.75) is 32.1 Å². The molecule has 0 radical (unpaired) electrons. The van der Waals surface area contributed by atoms with Gasteiger partial charge in [-0.2, -0.15) is 0 Å². The molecule has 0 saturated carbocycles. The van der Waals surface area contributed by atoms with E-state index in [1.807, 2.05) is 60.8 Å². The molecule has 4 rings (SSSR count). The maximum Gasteiger partial charge on any atom is 0.224 e. The summed E-state index contributed by atoms with van der Waals surface area (Å²) in [5.74, 6) is 0.159. The monoisotopic (exact) mass is 516 g/mol. The molecule has 2 aromatic carbocycles. The van der Waals surface area contributed by atoms with Gasteiger partial charge in [-0.05, 0) is 82.2 Å². The number of H-pyrrole nitrogens is 2. The molecular weight excluding hydrogens is 476 g/mol. The van der Waals surface area contributed by atoms with Crippen molar-refractivity contribution in [1.29, 1.82) is 0 Å². The molecule has 202 valence electrons. The first-order valence-corrected chi connectivity index (χ1v) is 13.8. The lowest BCUT2D eigenvalue weighted by molar-refractivity contribution is -0.120. The number of carbonyl (C=O) groups is 2. The molecule has 0 bridgehead atoms. The van der Waals surface area contributed by atoms with Gasteiger partial charge in [0.25, 0.3) is 0 Å². The van der Waals surface area contributed by atoms with Crippen LogP contribution in [0.15, 0.2) is 60.8 Å². The average Bonchev–Trinajstić information content (AvgIpc) is 3.55. The lowest BCUT2D eigenvalue weighted by Crippen LogP contribution is -2.29. The zero-order valence-corrected chi connectivity index (χ0v) is 22.1. The number of benzene rings is 2. The van der Waals surface area contributed by atoms with Gasteiger partial charge in [0.2, 0.25) is 5.91 Å². The Kier molecular flexibility index (Phi) is 10.9. The zero-order chi connectivity index (χ0) is 26.4. The molecule has 2 aromatic heterocycles. The van der Waals surface area contributed by atoms with E-state index in [1.54, 1.807) is 0 Å². The van der Waals surface area contributed by atoms with E-state index in [2.05, 4.69) is 31.2 Å². The van der Waals surface area contributed by atoms with Gasteiger partial charge in [0, 0.05) is 34.5 Å². The van der Waals surface area contributed by atoms with Crippen LogP contribution >= 0.6 is 0 Å². The summed E-state index contributed by atoms with van der Waals surface area (Å²) in [7, 11) is 0. The molecule has 0 unspecified atom stereocenters. The number of para-hydroxylation sites is 2. The topological polar surface area (TPSA) is 114 Å². The Hall–Kier alpha value is -3.46. The van der Waals surface area contributed by atoms with Gasteiger partial charge < -0.3 is 31.2 Å². The third-order valence-electron chi connectivity index (χ3n) is 6.66. The van der Waals surface area contributed by atoms with Crippen molar-refractivity contribution < 1.29 is 9.59 Å². The van der Waals surface area contributed by atoms with Gasteiger partial charge in [0.1, 0.15) is 0 Å². The number of nitrogens with one attached hydrogen (secondary N) is 6. The lowest BCUT2D eigenvalue weighted by Gasteiger charge is -2.08. The molecule has 38 heavy (non-hydrogen) atoms. The molecule has 0 aliphatic carbocycles. The van der Waals surface area contributed by atoms with E-state index >= 15 is 0 Å². The first-order valence-electron chi connectivity index (χ1n) is 13.8. The molecule has 0 aliphatic heterocycles. The van der Waals surface area contributed by atoms with Crippen LogP contribution in [0.3, 0.4) is 0 Å². The average molecular weight is 517 g/mol. The number of rotatable bonds is 18. The van der Waals surface area contributed by atoms with E-state index in [9.17, 15) is 9.59 Å². The number of amides is 1. The van der Waals surface area contributed by atoms with Gasteiger partial charge in [-0.3, -0.25) is 9.59 Å². The number of hydrogen-bond donors (Lipinski definition) is 6. The van der Waals surface area contributed by atoms with E-state index in [0.717, 1.165) is 85.8 Å². The highest BCUT2D eigenvalue weighted by molar-refractivity contribution is 6.00. The third-order valence-corrected chi connectivity index (χ3v) is 6.66. The quantitative estimate of drug-likeness (QED) is 0.0895. The molecule has 0 fully saturated rings. The number of unbranched alkanes of at least 4 members (excludes halogenated alkanes) is 1. The highest BCUT2D eigenvalue weighted by Crippen LogP contribution is 2.18. The van der Waals surface area contributed by atoms with Gasteiger partial charge in [0.15, 0.2) is 5.78 Å². The molecule has 8 heteroatoms. The number of hydrogen-bond acceptors (Lipinski definition) is 5. The molecule has 0 atom stereocenters. The van der Waals surface area contributed by atoms with Gasteiger partial charge >= 0.3 is 0 Å². The Balaban J connectivity index is 0.914. The number of carbonyl (C=O) groups excluding carboxylic acids is 2. The number of fused-ring (bicyclic) bond motifs is 2. The highest BCUT2D eigenvalue weighted by atomic mass is 16.1. The number of ketones is 1. The minimum atomic E-state index is 0.0665. The van der Waals surface area contributed by atoms with Crippen LogP contribution in [0.4, 0.5) is 0 Å². The first-order chi connectivity index (χ1) is 18.7. The Morgan fingerprint density at radius 1 is 0.711 bits per heavy atom. The maximum absolute atomic E-state index is 12.3. The zero-order valence-electron chi connectivity index (χ0n) is 22.1.